The molecule has 19 heavy (non-hydrogen) atoms. The molecule has 0 aliphatic heterocycles. The molecule has 2 N–H and O–H groups in total. The molecule has 0 saturated carbocycles. The van der Waals surface area contributed by atoms with Crippen molar-refractivity contribution in [3.8, 4) is 6.07 Å². The van der Waals surface area contributed by atoms with Gasteiger partial charge in [0.25, 0.3) is 0 Å². The van der Waals surface area contributed by atoms with E-state index in [1.165, 1.54) is 11.8 Å². The lowest BCUT2D eigenvalue weighted by Gasteiger charge is -2.25. The Bertz CT molecular complexity index is 574. The molecule has 0 amide bonds. The number of nitriles is 1. The molecule has 1 aromatic carbocycles. The molecule has 2 rings (SSSR count). The van der Waals surface area contributed by atoms with E-state index in [1.54, 1.807) is 7.05 Å². The Morgan fingerprint density at radius 2 is 2.16 bits per heavy atom. The summed E-state index contributed by atoms with van der Waals surface area (Å²) in [6.45, 7) is 1.85. The van der Waals surface area contributed by atoms with Crippen molar-refractivity contribution >= 4 is 11.8 Å². The van der Waals surface area contributed by atoms with Gasteiger partial charge in [-0.1, -0.05) is 42.1 Å². The highest BCUT2D eigenvalue weighted by Gasteiger charge is 2.31. The quantitative estimate of drug-likeness (QED) is 0.813. The Kier molecular flexibility index (Phi) is 4.20. The summed E-state index contributed by atoms with van der Waals surface area (Å²) in [5, 5.41) is 20.2. The van der Waals surface area contributed by atoms with Gasteiger partial charge in [-0.05, 0) is 19.5 Å². The number of rotatable bonds is 5. The van der Waals surface area contributed by atoms with Gasteiger partial charge in [-0.15, -0.1) is 5.10 Å². The topological polar surface area (TPSA) is 77.4 Å². The lowest BCUT2D eigenvalue weighted by atomic mass is 9.94. The van der Waals surface area contributed by atoms with Crippen LogP contribution in [0, 0.1) is 18.3 Å². The molecular weight excluding hydrogens is 258 g/mol. The molecular formula is C13H15N5S. The van der Waals surface area contributed by atoms with Crippen LogP contribution in [0.2, 0.25) is 0 Å². The molecule has 1 unspecified atom stereocenters. The molecule has 6 heteroatoms. The summed E-state index contributed by atoms with van der Waals surface area (Å²) in [4.78, 5) is 4.24. The van der Waals surface area contributed by atoms with Gasteiger partial charge >= 0.3 is 0 Å². The molecule has 0 radical (unpaired) electrons. The average Bonchev–Trinajstić information content (AvgIpc) is 2.88. The molecule has 2 aromatic rings. The maximum Gasteiger partial charge on any atom is 0.208 e. The van der Waals surface area contributed by atoms with Crippen LogP contribution in [0.3, 0.4) is 0 Å². The van der Waals surface area contributed by atoms with Crippen molar-refractivity contribution in [2.45, 2.75) is 17.6 Å². The van der Waals surface area contributed by atoms with Gasteiger partial charge in [-0.25, -0.2) is 4.98 Å². The maximum absolute atomic E-state index is 9.54. The molecule has 0 bridgehead atoms. The second kappa shape index (κ2) is 5.87. The van der Waals surface area contributed by atoms with E-state index in [0.29, 0.717) is 10.9 Å². The maximum atomic E-state index is 9.54. The van der Waals surface area contributed by atoms with Crippen molar-refractivity contribution < 1.29 is 0 Å². The summed E-state index contributed by atoms with van der Waals surface area (Å²) in [6.07, 6.45) is 0. The van der Waals surface area contributed by atoms with Gasteiger partial charge in [0.05, 0.1) is 6.07 Å². The molecule has 1 aromatic heterocycles. The predicted octanol–water partition coefficient (Wildman–Crippen LogP) is 1.84. The third kappa shape index (κ3) is 2.95. The van der Waals surface area contributed by atoms with Crippen molar-refractivity contribution in [1.29, 1.82) is 5.26 Å². The highest BCUT2D eigenvalue weighted by atomic mass is 32.2. The van der Waals surface area contributed by atoms with Crippen molar-refractivity contribution in [1.82, 2.24) is 20.5 Å². The van der Waals surface area contributed by atoms with E-state index in [9.17, 15) is 5.26 Å². The fourth-order valence-electron chi connectivity index (χ4n) is 1.73. The van der Waals surface area contributed by atoms with Crippen molar-refractivity contribution in [3.05, 3.63) is 41.7 Å². The Morgan fingerprint density at radius 3 is 2.68 bits per heavy atom. The van der Waals surface area contributed by atoms with Gasteiger partial charge in [0.15, 0.2) is 0 Å². The largest absolute Gasteiger partial charge is 0.298 e. The second-order valence-corrected chi connectivity index (χ2v) is 5.07. The van der Waals surface area contributed by atoms with Crippen molar-refractivity contribution in [2.75, 3.05) is 12.8 Å². The number of aryl methyl sites for hydroxylation is 1. The van der Waals surface area contributed by atoms with Crippen LogP contribution in [-0.2, 0) is 5.54 Å². The fraction of sp³-hybridized carbons (Fsp3) is 0.308. The first-order valence-corrected chi connectivity index (χ1v) is 6.86. The van der Waals surface area contributed by atoms with Crippen molar-refractivity contribution in [2.24, 2.45) is 0 Å². The summed E-state index contributed by atoms with van der Waals surface area (Å²) < 4.78 is 0. The first kappa shape index (κ1) is 13.6. The van der Waals surface area contributed by atoms with Crippen LogP contribution in [-0.4, -0.2) is 28.0 Å². The van der Waals surface area contributed by atoms with Crippen molar-refractivity contribution in [3.63, 3.8) is 0 Å². The molecule has 1 atom stereocenters. The second-order valence-electron chi connectivity index (χ2n) is 4.13. The molecule has 0 aliphatic carbocycles. The van der Waals surface area contributed by atoms with E-state index in [1.807, 2.05) is 37.3 Å². The Morgan fingerprint density at radius 1 is 1.42 bits per heavy atom. The first-order valence-electron chi connectivity index (χ1n) is 5.88. The third-order valence-corrected chi connectivity index (χ3v) is 3.90. The van der Waals surface area contributed by atoms with Crippen LogP contribution in [0.25, 0.3) is 0 Å². The zero-order valence-electron chi connectivity index (χ0n) is 10.8. The lowest BCUT2D eigenvalue weighted by molar-refractivity contribution is 0.527. The summed E-state index contributed by atoms with van der Waals surface area (Å²) in [7, 11) is 1.79. The van der Waals surface area contributed by atoms with E-state index in [4.69, 9.17) is 0 Å². The number of nitrogens with one attached hydrogen (secondary N) is 2. The Labute approximate surface area is 116 Å². The highest BCUT2D eigenvalue weighted by molar-refractivity contribution is 7.99. The van der Waals surface area contributed by atoms with E-state index in [0.717, 1.165) is 11.4 Å². The molecule has 0 aliphatic rings. The van der Waals surface area contributed by atoms with Gasteiger partial charge in [0, 0.05) is 5.75 Å². The van der Waals surface area contributed by atoms with Crippen LogP contribution in [0.5, 0.6) is 0 Å². The normalized spacial score (nSPS) is 13.7. The minimum atomic E-state index is -0.736. The van der Waals surface area contributed by atoms with Crippen LogP contribution in [0.1, 0.15) is 11.4 Å². The van der Waals surface area contributed by atoms with Gasteiger partial charge in [-0.3, -0.25) is 10.4 Å². The zero-order chi connectivity index (χ0) is 13.7. The minimum Gasteiger partial charge on any atom is -0.298 e. The number of hydrogen-bond acceptors (Lipinski definition) is 5. The standard InChI is InChI=1S/C13H15N5S/c1-10-16-12(18-17-10)19-9-13(8-14,15-2)11-6-4-3-5-7-11/h3-7,15H,9H2,1-2H3,(H,16,17,18). The van der Waals surface area contributed by atoms with Gasteiger partial charge in [0.1, 0.15) is 11.4 Å². The summed E-state index contributed by atoms with van der Waals surface area (Å²) in [5.41, 5.74) is 0.209. The highest BCUT2D eigenvalue weighted by Crippen LogP contribution is 2.27. The summed E-state index contributed by atoms with van der Waals surface area (Å²) in [5.74, 6) is 1.32. The molecule has 0 saturated heterocycles. The third-order valence-electron chi connectivity index (χ3n) is 2.88. The number of H-pyrrole nitrogens is 1. The number of hydrogen-bond donors (Lipinski definition) is 2. The van der Waals surface area contributed by atoms with Gasteiger partial charge in [0.2, 0.25) is 5.16 Å². The number of aromatic amines is 1. The van der Waals surface area contributed by atoms with Crippen LogP contribution < -0.4 is 5.32 Å². The first-order chi connectivity index (χ1) is 9.20. The van der Waals surface area contributed by atoms with E-state index >= 15 is 0 Å². The molecule has 0 spiro atoms. The SMILES string of the molecule is CNC(C#N)(CSc1n[nH]c(C)n1)c1ccccc1. The van der Waals surface area contributed by atoms with Crippen LogP contribution in [0.15, 0.2) is 35.5 Å². The molecule has 98 valence electrons. The smallest absolute Gasteiger partial charge is 0.208 e. The average molecular weight is 273 g/mol. The lowest BCUT2D eigenvalue weighted by Crippen LogP contribution is -2.41. The number of thioether (sulfide) groups is 1. The van der Waals surface area contributed by atoms with E-state index in [2.05, 4.69) is 26.6 Å². The summed E-state index contributed by atoms with van der Waals surface area (Å²) >= 11 is 1.45. The molecule has 0 fully saturated rings. The molecule has 5 nitrogen and oxygen atoms in total. The predicted molar refractivity (Wildman–Crippen MR) is 74.6 cm³/mol. The van der Waals surface area contributed by atoms with Gasteiger partial charge < -0.3 is 0 Å². The van der Waals surface area contributed by atoms with Crippen LogP contribution in [0.4, 0.5) is 0 Å². The number of benzene rings is 1. The Balaban J connectivity index is 2.19. The minimum absolute atomic E-state index is 0.543. The Hall–Kier alpha value is -1.84. The molecule has 1 heterocycles. The zero-order valence-corrected chi connectivity index (χ0v) is 11.7. The fourth-order valence-corrected chi connectivity index (χ4v) is 2.77. The van der Waals surface area contributed by atoms with E-state index < -0.39 is 5.54 Å². The number of nitrogens with zero attached hydrogens (tertiary/aromatic N) is 3. The van der Waals surface area contributed by atoms with Gasteiger partial charge in [-0.2, -0.15) is 5.26 Å². The number of aromatic nitrogens is 3. The summed E-state index contributed by atoms with van der Waals surface area (Å²) in [6, 6.07) is 12.1. The van der Waals surface area contributed by atoms with Crippen LogP contribution >= 0.6 is 11.8 Å². The van der Waals surface area contributed by atoms with E-state index in [-0.39, 0.29) is 0 Å². The monoisotopic (exact) mass is 273 g/mol.